The standard InChI is InChI=1S/C58H44N2/c1-4-13-40(14-5-1)41-25-29-46(30-26-41)56-39-55(45-15-6-2-7-16-45)59-57(60-56)47-31-27-43(28-32-47)42-21-23-44(24-22-42)48-17-12-18-49(37-48)50-33-34-52-51-19-8-9-20-53(51)58(54(52)38-50)35-10-3-11-36-58/h1-2,4-9,12-34,37-39H,3,10-11,35-36H2. The summed E-state index contributed by atoms with van der Waals surface area (Å²) in [5.74, 6) is 0.710. The molecule has 0 bridgehead atoms. The number of fused-ring (bicyclic) bond motifs is 5. The van der Waals surface area contributed by atoms with Crippen LogP contribution < -0.4 is 0 Å². The third-order valence-electron chi connectivity index (χ3n) is 12.9. The second kappa shape index (κ2) is 15.2. The topological polar surface area (TPSA) is 25.8 Å². The predicted octanol–water partition coefficient (Wildman–Crippen LogP) is 15.4. The number of hydrogen-bond donors (Lipinski definition) is 0. The van der Waals surface area contributed by atoms with E-state index >= 15 is 0 Å². The fraction of sp³-hybridized carbons (Fsp3) is 0.103. The molecule has 9 aromatic rings. The molecule has 0 N–H and O–H groups in total. The van der Waals surface area contributed by atoms with E-state index in [1.807, 2.05) is 12.1 Å². The quantitative estimate of drug-likeness (QED) is 0.161. The highest BCUT2D eigenvalue weighted by Gasteiger charge is 2.43. The second-order valence-corrected chi connectivity index (χ2v) is 16.5. The highest BCUT2D eigenvalue weighted by Crippen LogP contribution is 2.56. The molecule has 1 spiro atoms. The van der Waals surface area contributed by atoms with Gasteiger partial charge in [0.25, 0.3) is 0 Å². The highest BCUT2D eigenvalue weighted by molar-refractivity contribution is 5.85. The van der Waals surface area contributed by atoms with E-state index in [0.29, 0.717) is 5.82 Å². The number of benzene rings is 8. The summed E-state index contributed by atoms with van der Waals surface area (Å²) in [7, 11) is 0. The smallest absolute Gasteiger partial charge is 0.160 e. The van der Waals surface area contributed by atoms with Gasteiger partial charge in [-0.1, -0.05) is 207 Å². The van der Waals surface area contributed by atoms with Gasteiger partial charge in [0.2, 0.25) is 0 Å². The lowest BCUT2D eigenvalue weighted by Gasteiger charge is -2.36. The van der Waals surface area contributed by atoms with Crippen LogP contribution in [0.1, 0.15) is 43.2 Å². The molecule has 0 radical (unpaired) electrons. The van der Waals surface area contributed by atoms with Crippen LogP contribution in [0.25, 0.3) is 89.5 Å². The molecule has 0 amide bonds. The fourth-order valence-electron chi connectivity index (χ4n) is 9.82. The van der Waals surface area contributed by atoms with Crippen molar-refractivity contribution in [2.24, 2.45) is 0 Å². The summed E-state index contributed by atoms with van der Waals surface area (Å²) < 4.78 is 0. The highest BCUT2D eigenvalue weighted by atomic mass is 14.9. The molecular formula is C58H44N2. The lowest BCUT2D eigenvalue weighted by molar-refractivity contribution is 0.353. The molecule has 2 aliphatic carbocycles. The van der Waals surface area contributed by atoms with Gasteiger partial charge in [-0.25, -0.2) is 9.97 Å². The van der Waals surface area contributed by atoms with Crippen molar-refractivity contribution in [2.45, 2.75) is 37.5 Å². The van der Waals surface area contributed by atoms with Crippen molar-refractivity contribution in [1.82, 2.24) is 9.97 Å². The summed E-state index contributed by atoms with van der Waals surface area (Å²) >= 11 is 0. The van der Waals surface area contributed by atoms with Gasteiger partial charge in [0, 0.05) is 22.1 Å². The first-order valence-electron chi connectivity index (χ1n) is 21.4. The Bertz CT molecular complexity index is 2960. The number of nitrogens with zero attached hydrogens (tertiary/aromatic N) is 2. The van der Waals surface area contributed by atoms with Gasteiger partial charge in [-0.2, -0.15) is 0 Å². The van der Waals surface area contributed by atoms with Gasteiger partial charge < -0.3 is 0 Å². The lowest BCUT2D eigenvalue weighted by Crippen LogP contribution is -2.28. The first-order chi connectivity index (χ1) is 29.7. The Morgan fingerprint density at radius 2 is 0.700 bits per heavy atom. The molecule has 0 atom stereocenters. The summed E-state index contributed by atoms with van der Waals surface area (Å²) in [4.78, 5) is 10.2. The SMILES string of the molecule is c1ccc(-c2ccc(-c3cc(-c4ccccc4)nc(-c4ccc(-c5ccc(-c6cccc(-c7ccc8c(c7)C7(CCCCC7)c7ccccc7-8)c6)cc5)cc4)n3)cc2)cc1. The average Bonchev–Trinajstić information content (AvgIpc) is 3.60. The minimum atomic E-state index is 0.157. The third-order valence-corrected chi connectivity index (χ3v) is 12.9. The Kier molecular flexibility index (Phi) is 9.12. The maximum atomic E-state index is 5.12. The zero-order valence-corrected chi connectivity index (χ0v) is 33.6. The minimum absolute atomic E-state index is 0.157. The maximum absolute atomic E-state index is 5.12. The third kappa shape index (κ3) is 6.55. The molecule has 0 unspecified atom stereocenters. The molecule has 286 valence electrons. The van der Waals surface area contributed by atoms with Crippen LogP contribution in [0.5, 0.6) is 0 Å². The molecule has 60 heavy (non-hydrogen) atoms. The van der Waals surface area contributed by atoms with Crippen molar-refractivity contribution < 1.29 is 0 Å². The van der Waals surface area contributed by atoms with Gasteiger partial charge in [-0.05, 0) is 97.8 Å². The minimum Gasteiger partial charge on any atom is -0.228 e. The van der Waals surface area contributed by atoms with Crippen LogP contribution in [0.3, 0.4) is 0 Å². The molecule has 2 aliphatic rings. The molecule has 1 heterocycles. The fourth-order valence-corrected chi connectivity index (χ4v) is 9.82. The maximum Gasteiger partial charge on any atom is 0.160 e. The van der Waals surface area contributed by atoms with Crippen LogP contribution in [0.2, 0.25) is 0 Å². The van der Waals surface area contributed by atoms with Crippen molar-refractivity contribution in [1.29, 1.82) is 0 Å². The van der Waals surface area contributed by atoms with Gasteiger partial charge in [-0.3, -0.25) is 0 Å². The Morgan fingerprint density at radius 1 is 0.283 bits per heavy atom. The van der Waals surface area contributed by atoms with E-state index in [2.05, 4.69) is 194 Å². The van der Waals surface area contributed by atoms with Crippen molar-refractivity contribution >= 4 is 0 Å². The number of aromatic nitrogens is 2. The molecule has 1 saturated carbocycles. The summed E-state index contributed by atoms with van der Waals surface area (Å²) in [6.45, 7) is 0. The summed E-state index contributed by atoms with van der Waals surface area (Å²) in [5, 5.41) is 0. The molecule has 2 heteroatoms. The lowest BCUT2D eigenvalue weighted by atomic mass is 9.67. The Balaban J connectivity index is 0.861. The van der Waals surface area contributed by atoms with E-state index in [0.717, 1.165) is 33.6 Å². The number of hydrogen-bond acceptors (Lipinski definition) is 2. The first-order valence-corrected chi connectivity index (χ1v) is 21.4. The van der Waals surface area contributed by atoms with Gasteiger partial charge in [-0.15, -0.1) is 0 Å². The first kappa shape index (κ1) is 36.0. The van der Waals surface area contributed by atoms with E-state index in [1.165, 1.54) is 87.7 Å². The Labute approximate surface area is 353 Å². The predicted molar refractivity (Wildman–Crippen MR) is 249 cm³/mol. The molecule has 11 rings (SSSR count). The molecular weight excluding hydrogens is 725 g/mol. The molecule has 1 fully saturated rings. The monoisotopic (exact) mass is 768 g/mol. The van der Waals surface area contributed by atoms with Gasteiger partial charge >= 0.3 is 0 Å². The molecule has 0 aliphatic heterocycles. The zero-order valence-electron chi connectivity index (χ0n) is 33.6. The summed E-state index contributed by atoms with van der Waals surface area (Å²) in [6, 6.07) is 74.7. The van der Waals surface area contributed by atoms with Crippen molar-refractivity contribution in [3.05, 3.63) is 217 Å². The van der Waals surface area contributed by atoms with E-state index in [9.17, 15) is 0 Å². The molecule has 1 aromatic heterocycles. The van der Waals surface area contributed by atoms with Gasteiger partial charge in [0.05, 0.1) is 11.4 Å². The van der Waals surface area contributed by atoms with Crippen LogP contribution in [0.15, 0.2) is 206 Å². The van der Waals surface area contributed by atoms with Gasteiger partial charge in [0.1, 0.15) is 0 Å². The van der Waals surface area contributed by atoms with Crippen molar-refractivity contribution in [2.75, 3.05) is 0 Å². The van der Waals surface area contributed by atoms with Crippen LogP contribution >= 0.6 is 0 Å². The van der Waals surface area contributed by atoms with E-state index < -0.39 is 0 Å². The number of rotatable bonds is 7. The Hall–Kier alpha value is -7.16. The van der Waals surface area contributed by atoms with E-state index in [1.54, 1.807) is 5.56 Å². The van der Waals surface area contributed by atoms with Crippen LogP contribution in [0, 0.1) is 0 Å². The van der Waals surface area contributed by atoms with E-state index in [-0.39, 0.29) is 5.41 Å². The average molecular weight is 769 g/mol. The van der Waals surface area contributed by atoms with Crippen molar-refractivity contribution in [3.63, 3.8) is 0 Å². The van der Waals surface area contributed by atoms with Crippen LogP contribution in [-0.2, 0) is 5.41 Å². The largest absolute Gasteiger partial charge is 0.228 e. The van der Waals surface area contributed by atoms with Crippen molar-refractivity contribution in [3.8, 4) is 89.5 Å². The normalized spacial score (nSPS) is 13.8. The summed E-state index contributed by atoms with van der Waals surface area (Å²) in [5.41, 5.74) is 20.7. The zero-order chi connectivity index (χ0) is 39.9. The van der Waals surface area contributed by atoms with Crippen LogP contribution in [0.4, 0.5) is 0 Å². The molecule has 0 saturated heterocycles. The summed E-state index contributed by atoms with van der Waals surface area (Å²) in [6.07, 6.45) is 6.44. The van der Waals surface area contributed by atoms with Crippen LogP contribution in [-0.4, -0.2) is 9.97 Å². The second-order valence-electron chi connectivity index (χ2n) is 16.5. The van der Waals surface area contributed by atoms with E-state index in [4.69, 9.17) is 9.97 Å². The van der Waals surface area contributed by atoms with Gasteiger partial charge in [0.15, 0.2) is 5.82 Å². The Morgan fingerprint density at radius 3 is 1.33 bits per heavy atom. The molecule has 2 nitrogen and oxygen atoms in total. The molecule has 8 aromatic carbocycles.